The second-order valence-electron chi connectivity index (χ2n) is 1.76. The molecule has 0 saturated carbocycles. The van der Waals surface area contributed by atoms with E-state index in [4.69, 9.17) is 10.8 Å². The van der Waals surface area contributed by atoms with Crippen molar-refractivity contribution in [2.24, 2.45) is 0 Å². The Kier molecular flexibility index (Phi) is 3.47. The van der Waals surface area contributed by atoms with Crippen molar-refractivity contribution in [3.05, 3.63) is 10.6 Å². The number of aryl methyl sites for hydroxylation is 1. The number of halogens is 1. The highest BCUT2D eigenvalue weighted by Gasteiger charge is 2.11. The molecule has 1 aromatic rings. The maximum Gasteiger partial charge on any atom is 0.355 e. The summed E-state index contributed by atoms with van der Waals surface area (Å²) in [5.74, 6) is -1.02. The lowest BCUT2D eigenvalue weighted by Crippen LogP contribution is -1.98. The minimum absolute atomic E-state index is 0. The zero-order chi connectivity index (χ0) is 7.72. The highest BCUT2D eigenvalue weighted by molar-refractivity contribution is 8.93. The Labute approximate surface area is 77.8 Å². The largest absolute Gasteiger partial charge is 0.476 e. The molecule has 0 radical (unpaired) electrons. The molecule has 0 aliphatic heterocycles. The number of carbonyl (C=O) groups is 1. The maximum atomic E-state index is 10.3. The Morgan fingerprint density at radius 2 is 2.27 bits per heavy atom. The van der Waals surface area contributed by atoms with Crippen LogP contribution in [0.1, 0.15) is 15.4 Å². The molecule has 4 nitrogen and oxygen atoms in total. The van der Waals surface area contributed by atoms with E-state index in [2.05, 4.69) is 4.98 Å². The minimum atomic E-state index is -1.02. The second kappa shape index (κ2) is 3.68. The SMILES string of the molecule is Br.Cc1sc(N)nc1C(=O)O. The van der Waals surface area contributed by atoms with Crippen molar-refractivity contribution in [1.29, 1.82) is 0 Å². The first-order valence-corrected chi connectivity index (χ1v) is 3.39. The fourth-order valence-electron chi connectivity index (χ4n) is 0.615. The number of aromatic carboxylic acids is 1. The van der Waals surface area contributed by atoms with Crippen molar-refractivity contribution in [2.45, 2.75) is 6.92 Å². The number of carboxylic acids is 1. The van der Waals surface area contributed by atoms with E-state index in [0.717, 1.165) is 0 Å². The van der Waals surface area contributed by atoms with Gasteiger partial charge in [0, 0.05) is 4.88 Å². The van der Waals surface area contributed by atoms with Crippen molar-refractivity contribution in [3.8, 4) is 0 Å². The number of anilines is 1. The summed E-state index contributed by atoms with van der Waals surface area (Å²) in [4.78, 5) is 14.6. The van der Waals surface area contributed by atoms with Gasteiger partial charge in [-0.2, -0.15) is 0 Å². The van der Waals surface area contributed by atoms with Crippen LogP contribution in [0.15, 0.2) is 0 Å². The Morgan fingerprint density at radius 1 is 1.73 bits per heavy atom. The first-order chi connectivity index (χ1) is 4.61. The van der Waals surface area contributed by atoms with E-state index >= 15 is 0 Å². The van der Waals surface area contributed by atoms with Crippen LogP contribution in [0.5, 0.6) is 0 Å². The summed E-state index contributed by atoms with van der Waals surface area (Å²) >= 11 is 1.18. The third kappa shape index (κ3) is 2.16. The zero-order valence-electron chi connectivity index (χ0n) is 5.70. The quantitative estimate of drug-likeness (QED) is 0.774. The molecule has 0 spiro atoms. The molecule has 0 amide bonds. The van der Waals surface area contributed by atoms with Crippen LogP contribution in [0.2, 0.25) is 0 Å². The van der Waals surface area contributed by atoms with E-state index < -0.39 is 5.97 Å². The summed E-state index contributed by atoms with van der Waals surface area (Å²) in [5.41, 5.74) is 5.32. The van der Waals surface area contributed by atoms with Crippen LogP contribution in [0.25, 0.3) is 0 Å². The molecule has 0 atom stereocenters. The van der Waals surface area contributed by atoms with Crippen LogP contribution in [-0.4, -0.2) is 16.1 Å². The molecule has 0 saturated heterocycles. The van der Waals surface area contributed by atoms with E-state index in [-0.39, 0.29) is 22.7 Å². The van der Waals surface area contributed by atoms with Gasteiger partial charge in [0.15, 0.2) is 10.8 Å². The number of nitrogens with two attached hydrogens (primary N) is 1. The fraction of sp³-hybridized carbons (Fsp3) is 0.200. The van der Waals surface area contributed by atoms with Gasteiger partial charge in [-0.25, -0.2) is 9.78 Å². The molecule has 0 aliphatic rings. The van der Waals surface area contributed by atoms with Crippen LogP contribution < -0.4 is 5.73 Å². The van der Waals surface area contributed by atoms with E-state index in [1.165, 1.54) is 11.3 Å². The number of hydrogen-bond acceptors (Lipinski definition) is 4. The predicted octanol–water partition coefficient (Wildman–Crippen LogP) is 1.31. The molecule has 0 fully saturated rings. The average molecular weight is 239 g/mol. The molecule has 3 N–H and O–H groups in total. The van der Waals surface area contributed by atoms with E-state index in [1.54, 1.807) is 6.92 Å². The number of rotatable bonds is 1. The number of nitrogen functional groups attached to an aromatic ring is 1. The van der Waals surface area contributed by atoms with Crippen molar-refractivity contribution < 1.29 is 9.90 Å². The Morgan fingerprint density at radius 3 is 2.45 bits per heavy atom. The normalized spacial score (nSPS) is 8.82. The molecule has 0 bridgehead atoms. The molecule has 11 heavy (non-hydrogen) atoms. The van der Waals surface area contributed by atoms with Crippen molar-refractivity contribution in [3.63, 3.8) is 0 Å². The smallest absolute Gasteiger partial charge is 0.355 e. The van der Waals surface area contributed by atoms with Gasteiger partial charge >= 0.3 is 5.97 Å². The Hall–Kier alpha value is -0.620. The number of carboxylic acid groups (broad SMARTS) is 1. The Bertz CT molecular complexity index is 273. The van der Waals surface area contributed by atoms with Gasteiger partial charge < -0.3 is 10.8 Å². The van der Waals surface area contributed by atoms with Gasteiger partial charge in [0.2, 0.25) is 0 Å². The topological polar surface area (TPSA) is 76.2 Å². The molecule has 0 aromatic carbocycles. The van der Waals surface area contributed by atoms with Gasteiger partial charge in [-0.1, -0.05) is 0 Å². The van der Waals surface area contributed by atoms with E-state index in [9.17, 15) is 4.79 Å². The summed E-state index contributed by atoms with van der Waals surface area (Å²) in [5, 5.41) is 8.77. The lowest BCUT2D eigenvalue weighted by Gasteiger charge is -1.84. The molecular weight excluding hydrogens is 232 g/mol. The summed E-state index contributed by atoms with van der Waals surface area (Å²) in [6.07, 6.45) is 0. The van der Waals surface area contributed by atoms with Gasteiger partial charge in [-0.05, 0) is 6.92 Å². The molecular formula is C5H7BrN2O2S. The zero-order valence-corrected chi connectivity index (χ0v) is 8.23. The lowest BCUT2D eigenvalue weighted by atomic mass is 10.4. The summed E-state index contributed by atoms with van der Waals surface area (Å²) in [7, 11) is 0. The predicted molar refractivity (Wildman–Crippen MR) is 48.5 cm³/mol. The third-order valence-corrected chi connectivity index (χ3v) is 1.82. The highest BCUT2D eigenvalue weighted by Crippen LogP contribution is 2.18. The van der Waals surface area contributed by atoms with Gasteiger partial charge in [-0.15, -0.1) is 28.3 Å². The van der Waals surface area contributed by atoms with Gasteiger partial charge in [0.25, 0.3) is 0 Å². The minimum Gasteiger partial charge on any atom is -0.476 e. The number of nitrogens with zero attached hydrogens (tertiary/aromatic N) is 1. The fourth-order valence-corrected chi connectivity index (χ4v) is 1.30. The molecule has 62 valence electrons. The number of thiazole rings is 1. The number of hydrogen-bond donors (Lipinski definition) is 2. The van der Waals surface area contributed by atoms with Gasteiger partial charge in [0.05, 0.1) is 0 Å². The third-order valence-electron chi connectivity index (χ3n) is 1.02. The molecule has 1 heterocycles. The average Bonchev–Trinajstić information content (AvgIpc) is 2.10. The second-order valence-corrected chi connectivity index (χ2v) is 3.00. The van der Waals surface area contributed by atoms with Crippen molar-refractivity contribution in [1.82, 2.24) is 4.98 Å². The van der Waals surface area contributed by atoms with E-state index in [1.807, 2.05) is 0 Å². The number of aromatic nitrogens is 1. The molecule has 0 aliphatic carbocycles. The molecule has 1 aromatic heterocycles. The lowest BCUT2D eigenvalue weighted by molar-refractivity contribution is 0.0690. The van der Waals surface area contributed by atoms with Crippen LogP contribution >= 0.6 is 28.3 Å². The summed E-state index contributed by atoms with van der Waals surface area (Å²) in [6, 6.07) is 0. The van der Waals surface area contributed by atoms with Crippen molar-refractivity contribution >= 4 is 39.4 Å². The maximum absolute atomic E-state index is 10.3. The van der Waals surface area contributed by atoms with Gasteiger partial charge in [0.1, 0.15) is 0 Å². The van der Waals surface area contributed by atoms with Crippen LogP contribution in [0.4, 0.5) is 5.13 Å². The Balaban J connectivity index is 0.000001000. The van der Waals surface area contributed by atoms with Crippen molar-refractivity contribution in [2.75, 3.05) is 5.73 Å². The van der Waals surface area contributed by atoms with Crippen LogP contribution in [0, 0.1) is 6.92 Å². The first kappa shape index (κ1) is 10.4. The molecule has 6 heteroatoms. The molecule has 0 unspecified atom stereocenters. The van der Waals surface area contributed by atoms with E-state index in [0.29, 0.717) is 10.0 Å². The standard InChI is InChI=1S/C5H6N2O2S.BrH/c1-2-3(4(8)9)7-5(6)10-2;/h1H3,(H2,6,7)(H,8,9);1H. The van der Waals surface area contributed by atoms with Crippen LogP contribution in [0.3, 0.4) is 0 Å². The highest BCUT2D eigenvalue weighted by atomic mass is 79.9. The molecule has 1 rings (SSSR count). The van der Waals surface area contributed by atoms with Gasteiger partial charge in [-0.3, -0.25) is 0 Å². The first-order valence-electron chi connectivity index (χ1n) is 2.57. The summed E-state index contributed by atoms with van der Waals surface area (Å²) in [6.45, 7) is 1.68. The monoisotopic (exact) mass is 238 g/mol. The van der Waals surface area contributed by atoms with Crippen LogP contribution in [-0.2, 0) is 0 Å². The summed E-state index contributed by atoms with van der Waals surface area (Å²) < 4.78 is 0.